The number of pyridine rings is 2. The van der Waals surface area contributed by atoms with Crippen LogP contribution in [0.25, 0.3) is 67.1 Å². The van der Waals surface area contributed by atoms with E-state index in [4.69, 9.17) is 47.0 Å². The molecule has 4 N–H and O–H groups in total. The maximum Gasteiger partial charge on any atom is 0.410 e. The normalized spacial score (nSPS) is 19.1. The van der Waals surface area contributed by atoms with Gasteiger partial charge in [0.25, 0.3) is 11.8 Å². The molecule has 12 rings (SSSR count). The first-order chi connectivity index (χ1) is 45.0. The SMILES string of the molecule is COc1cc(C(=O)NC2CCN(CCc3cnc4cc(-c5ccc(C(=O)NC6CCN(C(=O)OC(C)(C)C)CC6O)cc5OC)oc4c3-c3ccc(OC4CCOCC4)c(C#N)c3)CC2O)ccc1-c1cc2nccc(-c3ccc(OC4CCOCC4)c(C#N)c3)c2o1. The summed E-state index contributed by atoms with van der Waals surface area (Å²) in [4.78, 5) is 53.4. The number of aliphatic hydroxyl groups excluding tert-OH is 2. The molecule has 4 saturated heterocycles. The molecule has 4 aliphatic heterocycles. The Labute approximate surface area is 537 Å². The molecule has 22 heteroatoms. The first-order valence-corrected chi connectivity index (χ1v) is 31.5. The highest BCUT2D eigenvalue weighted by atomic mass is 16.6. The number of furan rings is 2. The van der Waals surface area contributed by atoms with E-state index in [9.17, 15) is 35.1 Å². The number of rotatable bonds is 17. The Morgan fingerprint density at radius 1 is 0.624 bits per heavy atom. The number of hydrogen-bond acceptors (Lipinski definition) is 19. The molecule has 0 spiro atoms. The number of likely N-dealkylation sites (tertiary alicyclic amines) is 2. The van der Waals surface area contributed by atoms with E-state index in [-0.39, 0.29) is 36.8 Å². The van der Waals surface area contributed by atoms with Gasteiger partial charge in [0.15, 0.2) is 11.2 Å². The van der Waals surface area contributed by atoms with E-state index in [2.05, 4.69) is 32.7 Å². The van der Waals surface area contributed by atoms with Gasteiger partial charge in [0, 0.05) is 98.6 Å². The average Bonchev–Trinajstić information content (AvgIpc) is 1.72. The van der Waals surface area contributed by atoms with Crippen molar-refractivity contribution in [1.29, 1.82) is 10.5 Å². The van der Waals surface area contributed by atoms with Crippen LogP contribution in [0.15, 0.2) is 112 Å². The van der Waals surface area contributed by atoms with Crippen molar-refractivity contribution in [3.8, 4) is 80.0 Å². The van der Waals surface area contributed by atoms with Crippen LogP contribution in [0.5, 0.6) is 23.0 Å². The summed E-state index contributed by atoms with van der Waals surface area (Å²) < 4.78 is 54.0. The lowest BCUT2D eigenvalue weighted by Gasteiger charge is -2.36. The number of nitriles is 2. The van der Waals surface area contributed by atoms with Crippen LogP contribution in [0.1, 0.15) is 96.7 Å². The highest BCUT2D eigenvalue weighted by molar-refractivity contribution is 5.99. The summed E-state index contributed by atoms with van der Waals surface area (Å²) in [5.74, 6) is 1.81. The number of nitrogens with zero attached hydrogens (tertiary/aromatic N) is 6. The van der Waals surface area contributed by atoms with E-state index >= 15 is 0 Å². The Morgan fingerprint density at radius 3 is 1.71 bits per heavy atom. The van der Waals surface area contributed by atoms with Crippen LogP contribution in [0.2, 0.25) is 0 Å². The molecule has 0 aliphatic carbocycles. The molecule has 4 aliphatic rings. The molecule has 0 bridgehead atoms. The summed E-state index contributed by atoms with van der Waals surface area (Å²) in [6, 6.07) is 30.0. The van der Waals surface area contributed by atoms with Gasteiger partial charge in [-0.3, -0.25) is 19.6 Å². The minimum atomic E-state index is -1.02. The third kappa shape index (κ3) is 14.3. The average molecular weight is 1260 g/mol. The van der Waals surface area contributed by atoms with E-state index in [1.807, 2.05) is 36.4 Å². The molecular formula is C71H74N8O14. The van der Waals surface area contributed by atoms with Gasteiger partial charge in [0.1, 0.15) is 75.5 Å². The summed E-state index contributed by atoms with van der Waals surface area (Å²) >= 11 is 0. The standard InChI is InChI=1S/C71H74N8O14/c1-71(2,3)93-70(84)79-25-17-54(58(81)40-79)77-69(83)44-7-11-52(62(33-44)86-5)64-35-56-67(92-64)65(42-9-13-60(47(31-42)37-73)90-49-20-28-88-29-21-49)45(38-75-56)15-23-78-24-16-53(57(80)39-78)76-68(82)43-6-10-51(61(32-43)85-4)63-34-55-66(91-63)50(14-22-74-55)41-8-12-59(46(30-41)36-72)89-48-18-26-87-27-19-48/h6-14,22,30-35,38,48-49,53-54,57-58,80-81H,15-21,23-29,39-40H2,1-5H3,(H,76,82)(H,77,83). The Balaban J connectivity index is 0.732. The predicted octanol–water partition coefficient (Wildman–Crippen LogP) is 10.0. The zero-order chi connectivity index (χ0) is 64.9. The third-order valence-corrected chi connectivity index (χ3v) is 17.4. The predicted molar refractivity (Wildman–Crippen MR) is 343 cm³/mol. The second kappa shape index (κ2) is 27.7. The number of hydrogen-bond donors (Lipinski definition) is 4. The minimum Gasteiger partial charge on any atom is -0.496 e. The fourth-order valence-electron chi connectivity index (χ4n) is 12.5. The topological polar surface area (TPSA) is 286 Å². The number of carbonyl (C=O) groups excluding carboxylic acids is 3. The van der Waals surface area contributed by atoms with E-state index in [0.717, 1.165) is 29.5 Å². The third-order valence-electron chi connectivity index (χ3n) is 17.4. The number of ether oxygens (including phenoxy) is 7. The molecule has 93 heavy (non-hydrogen) atoms. The number of methoxy groups -OCH3 is 2. The Bertz CT molecular complexity index is 4170. The van der Waals surface area contributed by atoms with Crippen molar-refractivity contribution in [3.05, 3.63) is 131 Å². The molecule has 22 nitrogen and oxygen atoms in total. The Hall–Kier alpha value is -9.55. The molecule has 4 aromatic heterocycles. The zero-order valence-electron chi connectivity index (χ0n) is 52.6. The van der Waals surface area contributed by atoms with Crippen molar-refractivity contribution in [2.45, 2.75) is 108 Å². The summed E-state index contributed by atoms with van der Waals surface area (Å²) in [6.45, 7) is 9.37. The molecule has 4 unspecified atom stereocenters. The van der Waals surface area contributed by atoms with Gasteiger partial charge in [-0.1, -0.05) is 12.1 Å². The lowest BCUT2D eigenvalue weighted by atomic mass is 9.95. The number of nitrogens with one attached hydrogen (secondary N) is 2. The van der Waals surface area contributed by atoms with Crippen molar-refractivity contribution >= 4 is 40.1 Å². The molecule has 4 atom stereocenters. The molecule has 0 radical (unpaired) electrons. The number of aliphatic hydroxyl groups is 2. The molecule has 482 valence electrons. The highest BCUT2D eigenvalue weighted by Gasteiger charge is 2.35. The quantitative estimate of drug-likeness (QED) is 0.0659. The first kappa shape index (κ1) is 63.6. The fraction of sp³-hybridized carbons (Fsp3) is 0.394. The van der Waals surface area contributed by atoms with Crippen molar-refractivity contribution in [1.82, 2.24) is 30.4 Å². The van der Waals surface area contributed by atoms with Gasteiger partial charge in [-0.05, 0) is 123 Å². The fourth-order valence-corrected chi connectivity index (χ4v) is 12.5. The highest BCUT2D eigenvalue weighted by Crippen LogP contribution is 2.42. The molecule has 4 aromatic carbocycles. The lowest BCUT2D eigenvalue weighted by molar-refractivity contribution is -0.00411. The lowest BCUT2D eigenvalue weighted by Crippen LogP contribution is -2.55. The van der Waals surface area contributed by atoms with Gasteiger partial charge in [-0.25, -0.2) is 4.79 Å². The summed E-state index contributed by atoms with van der Waals surface area (Å²) in [5, 5.41) is 49.3. The van der Waals surface area contributed by atoms with Crippen LogP contribution in [0, 0.1) is 22.7 Å². The Kier molecular flexibility index (Phi) is 19.0. The van der Waals surface area contributed by atoms with Gasteiger partial charge in [0.2, 0.25) is 0 Å². The summed E-state index contributed by atoms with van der Waals surface area (Å²) in [5.41, 5.74) is 7.67. The van der Waals surface area contributed by atoms with E-state index < -0.39 is 41.9 Å². The number of piperidine rings is 2. The van der Waals surface area contributed by atoms with Crippen LogP contribution in [-0.2, 0) is 20.6 Å². The zero-order valence-corrected chi connectivity index (χ0v) is 52.6. The van der Waals surface area contributed by atoms with Crippen molar-refractivity contribution < 1.29 is 66.6 Å². The van der Waals surface area contributed by atoms with Crippen LogP contribution in [0.3, 0.4) is 0 Å². The molecule has 3 amide bonds. The maximum atomic E-state index is 14.0. The Morgan fingerprint density at radius 2 is 1.16 bits per heavy atom. The van der Waals surface area contributed by atoms with Gasteiger partial charge >= 0.3 is 6.09 Å². The van der Waals surface area contributed by atoms with Crippen molar-refractivity contribution in [3.63, 3.8) is 0 Å². The van der Waals surface area contributed by atoms with Gasteiger partial charge < -0.3 is 72.6 Å². The van der Waals surface area contributed by atoms with Crippen LogP contribution in [0.4, 0.5) is 4.79 Å². The van der Waals surface area contributed by atoms with Crippen LogP contribution in [-0.4, -0.2) is 163 Å². The van der Waals surface area contributed by atoms with E-state index in [1.165, 1.54) is 19.1 Å². The molecule has 4 fully saturated rings. The number of benzene rings is 4. The number of fused-ring (bicyclic) bond motifs is 2. The van der Waals surface area contributed by atoms with Gasteiger partial charge in [0.05, 0.1) is 93.7 Å². The monoisotopic (exact) mass is 1260 g/mol. The minimum absolute atomic E-state index is 0.00544. The second-order valence-corrected chi connectivity index (χ2v) is 24.9. The van der Waals surface area contributed by atoms with Gasteiger partial charge in [-0.2, -0.15) is 10.5 Å². The van der Waals surface area contributed by atoms with Crippen LogP contribution >= 0.6 is 0 Å². The number of β-amino-alcohol motifs (C(OH)–C–C–N with tert-alkyl or cyclic N) is 2. The van der Waals surface area contributed by atoms with Crippen LogP contribution < -0.4 is 29.6 Å². The summed E-state index contributed by atoms with van der Waals surface area (Å²) in [7, 11) is 3.02. The largest absolute Gasteiger partial charge is 0.496 e. The summed E-state index contributed by atoms with van der Waals surface area (Å²) in [6.07, 6.45) is 5.11. The van der Waals surface area contributed by atoms with E-state index in [0.29, 0.717) is 174 Å². The maximum absolute atomic E-state index is 14.0. The van der Waals surface area contributed by atoms with Crippen molar-refractivity contribution in [2.24, 2.45) is 0 Å². The molecule has 0 saturated carbocycles. The smallest absolute Gasteiger partial charge is 0.410 e. The van der Waals surface area contributed by atoms with Gasteiger partial charge in [-0.15, -0.1) is 0 Å². The molecular weight excluding hydrogens is 1190 g/mol. The first-order valence-electron chi connectivity index (χ1n) is 31.5. The van der Waals surface area contributed by atoms with Crippen molar-refractivity contribution in [2.75, 3.05) is 73.4 Å². The number of carbonyl (C=O) groups is 3. The second-order valence-electron chi connectivity index (χ2n) is 24.9. The van der Waals surface area contributed by atoms with E-state index in [1.54, 1.807) is 87.8 Å². The number of amides is 3. The molecule has 8 aromatic rings. The molecule has 8 heterocycles. The number of aromatic nitrogens is 2.